The van der Waals surface area contributed by atoms with Crippen molar-refractivity contribution in [3.8, 4) is 11.3 Å². The number of nitrogens with one attached hydrogen (secondary N) is 1. The summed E-state index contributed by atoms with van der Waals surface area (Å²) in [4.78, 5) is 17.4. The summed E-state index contributed by atoms with van der Waals surface area (Å²) in [7, 11) is 0. The van der Waals surface area contributed by atoms with E-state index in [0.29, 0.717) is 6.04 Å². The van der Waals surface area contributed by atoms with Gasteiger partial charge in [0.05, 0.1) is 11.3 Å². The van der Waals surface area contributed by atoms with Gasteiger partial charge in [-0.3, -0.25) is 4.79 Å². The topological polar surface area (TPSA) is 46.9 Å². The number of thiazole rings is 1. The molecule has 21 heavy (non-hydrogen) atoms. The molecule has 3 rings (SSSR count). The molecule has 0 saturated heterocycles. The fraction of sp³-hybridized carbons (Fsp3) is 0.500. The van der Waals surface area contributed by atoms with Crippen LogP contribution in [0, 0.1) is 13.8 Å². The van der Waals surface area contributed by atoms with Crippen LogP contribution in [0.1, 0.15) is 43.5 Å². The lowest BCUT2D eigenvalue weighted by Gasteiger charge is -2.12. The molecule has 0 bridgehead atoms. The first-order valence-electron chi connectivity index (χ1n) is 7.54. The normalized spacial score (nSPS) is 14.4. The van der Waals surface area contributed by atoms with Gasteiger partial charge in [0, 0.05) is 23.7 Å². The number of aromatic nitrogens is 2. The predicted octanol–water partition coefficient (Wildman–Crippen LogP) is 3.75. The zero-order valence-corrected chi connectivity index (χ0v) is 13.6. The minimum atomic E-state index is 0.113. The van der Waals surface area contributed by atoms with Gasteiger partial charge in [-0.15, -0.1) is 11.3 Å². The van der Waals surface area contributed by atoms with Crippen molar-refractivity contribution in [1.82, 2.24) is 9.55 Å². The second-order valence-corrected chi connectivity index (χ2v) is 6.57. The van der Waals surface area contributed by atoms with Gasteiger partial charge in [-0.2, -0.15) is 0 Å². The van der Waals surface area contributed by atoms with Crippen LogP contribution in [0.4, 0.5) is 5.13 Å². The third-order valence-corrected chi connectivity index (χ3v) is 4.63. The molecule has 1 aliphatic rings. The molecule has 0 aliphatic heterocycles. The Morgan fingerprint density at radius 1 is 1.43 bits per heavy atom. The van der Waals surface area contributed by atoms with E-state index in [1.807, 2.05) is 23.8 Å². The molecule has 1 fully saturated rings. The fourth-order valence-electron chi connectivity index (χ4n) is 2.70. The van der Waals surface area contributed by atoms with Crippen LogP contribution >= 0.6 is 11.3 Å². The van der Waals surface area contributed by atoms with E-state index in [2.05, 4.69) is 23.3 Å². The Balaban J connectivity index is 2.03. The van der Waals surface area contributed by atoms with Gasteiger partial charge < -0.3 is 9.88 Å². The number of hydrogen-bond acceptors (Lipinski definition) is 4. The maximum absolute atomic E-state index is 12.8. The number of aryl methyl sites for hydroxylation is 2. The minimum Gasteiger partial charge on any atom is -0.362 e. The molecule has 0 atom stereocenters. The molecular formula is C16H21N3OS. The first-order valence-corrected chi connectivity index (χ1v) is 8.42. The van der Waals surface area contributed by atoms with Gasteiger partial charge in [-0.1, -0.05) is 6.92 Å². The third kappa shape index (κ3) is 2.75. The number of pyridine rings is 1. The highest BCUT2D eigenvalue weighted by Crippen LogP contribution is 2.35. The van der Waals surface area contributed by atoms with Crippen molar-refractivity contribution in [3.63, 3.8) is 0 Å². The molecule has 2 aromatic heterocycles. The van der Waals surface area contributed by atoms with Crippen LogP contribution in [-0.4, -0.2) is 16.1 Å². The van der Waals surface area contributed by atoms with E-state index in [1.54, 1.807) is 11.3 Å². The maximum atomic E-state index is 12.8. The van der Waals surface area contributed by atoms with Crippen molar-refractivity contribution in [3.05, 3.63) is 33.1 Å². The molecule has 0 radical (unpaired) electrons. The van der Waals surface area contributed by atoms with E-state index in [4.69, 9.17) is 0 Å². The summed E-state index contributed by atoms with van der Waals surface area (Å²) in [6.07, 6.45) is 3.29. The Morgan fingerprint density at radius 3 is 2.86 bits per heavy atom. The number of nitrogens with zero attached hydrogens (tertiary/aromatic N) is 2. The minimum absolute atomic E-state index is 0.113. The first-order chi connectivity index (χ1) is 10.1. The van der Waals surface area contributed by atoms with Crippen molar-refractivity contribution in [1.29, 1.82) is 0 Å². The van der Waals surface area contributed by atoms with Crippen LogP contribution in [0.2, 0.25) is 0 Å². The van der Waals surface area contributed by atoms with Gasteiger partial charge >= 0.3 is 0 Å². The standard InChI is InChI=1S/C16H21N3OS/c1-4-7-17-16-18-13(9-21-16)14-10(2)8-11(3)19(15(14)20)12-5-6-12/h8-9,12H,4-7H2,1-3H3,(H,17,18). The van der Waals surface area contributed by atoms with E-state index in [-0.39, 0.29) is 5.56 Å². The van der Waals surface area contributed by atoms with Gasteiger partial charge in [0.25, 0.3) is 5.56 Å². The summed E-state index contributed by atoms with van der Waals surface area (Å²) in [5.41, 5.74) is 3.75. The summed E-state index contributed by atoms with van der Waals surface area (Å²) in [5, 5.41) is 6.16. The molecule has 1 N–H and O–H groups in total. The monoisotopic (exact) mass is 303 g/mol. The predicted molar refractivity (Wildman–Crippen MR) is 88.3 cm³/mol. The Hall–Kier alpha value is -1.62. The Bertz CT molecular complexity index is 713. The van der Waals surface area contributed by atoms with E-state index in [1.165, 1.54) is 0 Å². The SMILES string of the molecule is CCCNc1nc(-c2c(C)cc(C)n(C3CC3)c2=O)cs1. The van der Waals surface area contributed by atoms with Crippen LogP contribution in [0.15, 0.2) is 16.2 Å². The van der Waals surface area contributed by atoms with Gasteiger partial charge in [0.15, 0.2) is 5.13 Å². The quantitative estimate of drug-likeness (QED) is 0.915. The smallest absolute Gasteiger partial charge is 0.260 e. The van der Waals surface area contributed by atoms with Crippen molar-refractivity contribution in [2.45, 2.75) is 46.1 Å². The molecule has 5 heteroatoms. The second kappa shape index (κ2) is 5.64. The third-order valence-electron chi connectivity index (χ3n) is 3.83. The number of anilines is 1. The summed E-state index contributed by atoms with van der Waals surface area (Å²) in [6, 6.07) is 2.50. The summed E-state index contributed by atoms with van der Waals surface area (Å²) < 4.78 is 1.95. The van der Waals surface area contributed by atoms with Gasteiger partial charge in [-0.25, -0.2) is 4.98 Å². The molecule has 112 valence electrons. The molecule has 1 aliphatic carbocycles. The Kier molecular flexibility index (Phi) is 3.85. The number of rotatable bonds is 5. The Labute approximate surface area is 128 Å². The molecule has 0 unspecified atom stereocenters. The van der Waals surface area contributed by atoms with Gasteiger partial charge in [0.1, 0.15) is 0 Å². The molecule has 0 amide bonds. The lowest BCUT2D eigenvalue weighted by Crippen LogP contribution is -2.24. The van der Waals surface area contributed by atoms with Crippen LogP contribution in [0.25, 0.3) is 11.3 Å². The molecule has 2 aromatic rings. The molecule has 1 saturated carbocycles. The Morgan fingerprint density at radius 2 is 2.19 bits per heavy atom. The van der Waals surface area contributed by atoms with Crippen molar-refractivity contribution in [2.75, 3.05) is 11.9 Å². The average Bonchev–Trinajstić information content (AvgIpc) is 3.15. The molecule has 2 heterocycles. The molecule has 4 nitrogen and oxygen atoms in total. The van der Waals surface area contributed by atoms with E-state index < -0.39 is 0 Å². The van der Waals surface area contributed by atoms with E-state index >= 15 is 0 Å². The zero-order valence-electron chi connectivity index (χ0n) is 12.8. The highest BCUT2D eigenvalue weighted by molar-refractivity contribution is 7.14. The van der Waals surface area contributed by atoms with E-state index in [9.17, 15) is 4.79 Å². The molecule has 0 spiro atoms. The van der Waals surface area contributed by atoms with Crippen molar-refractivity contribution >= 4 is 16.5 Å². The van der Waals surface area contributed by atoms with Gasteiger partial charge in [0.2, 0.25) is 0 Å². The van der Waals surface area contributed by atoms with Crippen LogP contribution in [-0.2, 0) is 0 Å². The van der Waals surface area contributed by atoms with E-state index in [0.717, 1.165) is 53.5 Å². The van der Waals surface area contributed by atoms with Crippen LogP contribution in [0.3, 0.4) is 0 Å². The zero-order chi connectivity index (χ0) is 15.0. The maximum Gasteiger partial charge on any atom is 0.260 e. The van der Waals surface area contributed by atoms with Crippen LogP contribution in [0.5, 0.6) is 0 Å². The van der Waals surface area contributed by atoms with Crippen LogP contribution < -0.4 is 10.9 Å². The highest BCUT2D eigenvalue weighted by atomic mass is 32.1. The number of hydrogen-bond donors (Lipinski definition) is 1. The van der Waals surface area contributed by atoms with Crippen molar-refractivity contribution < 1.29 is 0 Å². The van der Waals surface area contributed by atoms with Gasteiger partial charge in [-0.05, 0) is 44.7 Å². The molecular weight excluding hydrogens is 282 g/mol. The summed E-state index contributed by atoms with van der Waals surface area (Å²) in [6.45, 7) is 7.05. The lowest BCUT2D eigenvalue weighted by molar-refractivity contribution is 0.681. The largest absolute Gasteiger partial charge is 0.362 e. The fourth-order valence-corrected chi connectivity index (χ4v) is 3.43. The highest BCUT2D eigenvalue weighted by Gasteiger charge is 2.27. The first kappa shape index (κ1) is 14.3. The summed E-state index contributed by atoms with van der Waals surface area (Å²) in [5.74, 6) is 0. The lowest BCUT2D eigenvalue weighted by atomic mass is 10.1. The second-order valence-electron chi connectivity index (χ2n) is 5.71. The van der Waals surface area contributed by atoms with Crippen molar-refractivity contribution in [2.24, 2.45) is 0 Å². The summed E-state index contributed by atoms with van der Waals surface area (Å²) >= 11 is 1.57. The average molecular weight is 303 g/mol. The molecule has 0 aromatic carbocycles.